The molecule has 2 heteroatoms. The average molecular weight is 441 g/mol. The number of aliphatic hydroxyl groups excluding tert-OH is 1. The topological polar surface area (TPSA) is 37.3 Å². The maximum absolute atomic E-state index is 12.9. The second-order valence-electron chi connectivity index (χ2n) is 14.6. The Balaban J connectivity index is 1.59. The van der Waals surface area contributed by atoms with Gasteiger partial charge in [0, 0.05) is 17.3 Å². The highest BCUT2D eigenvalue weighted by Crippen LogP contribution is 2.77. The van der Waals surface area contributed by atoms with E-state index in [0.717, 1.165) is 25.7 Å². The number of aliphatic hydroxyl groups is 1. The van der Waals surface area contributed by atoms with Crippen LogP contribution in [0.2, 0.25) is 0 Å². The second kappa shape index (κ2) is 6.73. The summed E-state index contributed by atoms with van der Waals surface area (Å²) in [5.74, 6) is 3.43. The first-order chi connectivity index (χ1) is 14.7. The van der Waals surface area contributed by atoms with E-state index in [9.17, 15) is 9.90 Å². The standard InChI is InChI=1S/C30H48O2/c1-18(2)19-11-14-27(5)17-24(32)30(8)20(25(19)27)9-10-22-28(6)15-13-23(31)26(3,4)21(28)12-16-29(22,30)7/h19-22,24-25,32H,1,9-17H2,2-8H3/t19-,20+,21-,22+,24+,25+,27+,28-,29+,30-/m0/s1. The van der Waals surface area contributed by atoms with Gasteiger partial charge in [0.25, 0.3) is 0 Å². The van der Waals surface area contributed by atoms with Crippen molar-refractivity contribution in [1.29, 1.82) is 0 Å². The average Bonchev–Trinajstić information content (AvgIpc) is 3.03. The van der Waals surface area contributed by atoms with E-state index >= 15 is 0 Å². The molecule has 0 spiro atoms. The summed E-state index contributed by atoms with van der Waals surface area (Å²) in [5.41, 5.74) is 1.73. The third kappa shape index (κ3) is 2.55. The van der Waals surface area contributed by atoms with E-state index < -0.39 is 0 Å². The Morgan fingerprint density at radius 2 is 1.62 bits per heavy atom. The molecule has 0 bridgehead atoms. The number of allylic oxidation sites excluding steroid dienone is 1. The summed E-state index contributed by atoms with van der Waals surface area (Å²) in [6.07, 6.45) is 9.86. The molecule has 5 saturated carbocycles. The van der Waals surface area contributed by atoms with Gasteiger partial charge < -0.3 is 5.11 Å². The van der Waals surface area contributed by atoms with Gasteiger partial charge in [-0.3, -0.25) is 4.79 Å². The molecule has 1 N–H and O–H groups in total. The van der Waals surface area contributed by atoms with Gasteiger partial charge in [-0.05, 0) is 104 Å². The molecule has 0 aromatic rings. The molecule has 0 aromatic heterocycles. The van der Waals surface area contributed by atoms with Crippen LogP contribution in [0.15, 0.2) is 12.2 Å². The van der Waals surface area contributed by atoms with Gasteiger partial charge in [-0.2, -0.15) is 0 Å². The lowest BCUT2D eigenvalue weighted by Gasteiger charge is -2.73. The summed E-state index contributed by atoms with van der Waals surface area (Å²) in [4.78, 5) is 12.9. The minimum absolute atomic E-state index is 0.0439. The van der Waals surface area contributed by atoms with Crippen molar-refractivity contribution < 1.29 is 9.90 Å². The first kappa shape index (κ1) is 23.1. The lowest BCUT2D eigenvalue weighted by atomic mass is 9.32. The first-order valence-corrected chi connectivity index (χ1v) is 13.6. The predicted molar refractivity (Wildman–Crippen MR) is 131 cm³/mol. The van der Waals surface area contributed by atoms with E-state index in [2.05, 4.69) is 55.0 Å². The van der Waals surface area contributed by atoms with Crippen molar-refractivity contribution in [3.63, 3.8) is 0 Å². The van der Waals surface area contributed by atoms with Crippen LogP contribution < -0.4 is 0 Å². The van der Waals surface area contributed by atoms with E-state index in [1.807, 2.05) is 0 Å². The molecule has 5 aliphatic carbocycles. The van der Waals surface area contributed by atoms with Crippen LogP contribution in [0.1, 0.15) is 106 Å². The minimum atomic E-state index is -0.219. The first-order valence-electron chi connectivity index (χ1n) is 13.6. The Kier molecular flexibility index (Phi) is 4.87. The summed E-state index contributed by atoms with van der Waals surface area (Å²) < 4.78 is 0. The van der Waals surface area contributed by atoms with Crippen LogP contribution in [0.3, 0.4) is 0 Å². The lowest BCUT2D eigenvalue weighted by molar-refractivity contribution is -0.266. The number of hydrogen-bond acceptors (Lipinski definition) is 2. The number of carbonyl (C=O) groups is 1. The third-order valence-corrected chi connectivity index (χ3v) is 13.2. The van der Waals surface area contributed by atoms with Crippen LogP contribution in [-0.2, 0) is 4.79 Å². The molecule has 0 heterocycles. The Morgan fingerprint density at radius 3 is 2.28 bits per heavy atom. The van der Waals surface area contributed by atoms with Crippen molar-refractivity contribution in [3.8, 4) is 0 Å². The van der Waals surface area contributed by atoms with Crippen molar-refractivity contribution in [2.24, 2.45) is 56.7 Å². The van der Waals surface area contributed by atoms with Gasteiger partial charge in [0.05, 0.1) is 6.10 Å². The predicted octanol–water partition coefficient (Wildman–Crippen LogP) is 7.20. The highest BCUT2D eigenvalue weighted by atomic mass is 16.3. The Labute approximate surface area is 197 Å². The van der Waals surface area contributed by atoms with Gasteiger partial charge in [-0.25, -0.2) is 0 Å². The number of Topliss-reactive ketones (excluding diaryl/α,β-unsaturated/α-hetero) is 1. The maximum Gasteiger partial charge on any atom is 0.138 e. The molecule has 0 amide bonds. The van der Waals surface area contributed by atoms with E-state index in [4.69, 9.17) is 0 Å². The van der Waals surface area contributed by atoms with Crippen molar-refractivity contribution in [1.82, 2.24) is 0 Å². The highest BCUT2D eigenvalue weighted by molar-refractivity contribution is 5.85. The summed E-state index contributed by atoms with van der Waals surface area (Å²) >= 11 is 0. The monoisotopic (exact) mass is 440 g/mol. The number of ketones is 1. The zero-order chi connectivity index (χ0) is 23.5. The van der Waals surface area contributed by atoms with Gasteiger partial charge in [-0.15, -0.1) is 0 Å². The van der Waals surface area contributed by atoms with Crippen LogP contribution in [0.4, 0.5) is 0 Å². The molecule has 0 saturated heterocycles. The second-order valence-corrected chi connectivity index (χ2v) is 14.6. The smallest absolute Gasteiger partial charge is 0.138 e. The van der Waals surface area contributed by atoms with E-state index in [-0.39, 0.29) is 33.2 Å². The molecule has 0 unspecified atom stereocenters. The summed E-state index contributed by atoms with van der Waals surface area (Å²) in [6, 6.07) is 0. The van der Waals surface area contributed by atoms with E-state index in [1.54, 1.807) is 0 Å². The molecule has 0 aliphatic heterocycles. The molecule has 32 heavy (non-hydrogen) atoms. The molecule has 0 aromatic carbocycles. The fourth-order valence-electron chi connectivity index (χ4n) is 11.4. The molecule has 10 atom stereocenters. The molecule has 0 radical (unpaired) electrons. The largest absolute Gasteiger partial charge is 0.393 e. The SMILES string of the molecule is C=C(C)[C@@H]1CC[C@]2(C)C[C@@H](O)[C@]3(C)[C@H](CC[C@@H]4[C@@]5(C)CCC(=O)C(C)(C)[C@@H]5CC[C@]43C)[C@@H]12. The number of rotatable bonds is 1. The Hall–Kier alpha value is -0.630. The van der Waals surface area contributed by atoms with Crippen LogP contribution in [0, 0.1) is 56.7 Å². The molecule has 180 valence electrons. The lowest BCUT2D eigenvalue weighted by Crippen LogP contribution is -2.69. The Morgan fingerprint density at radius 1 is 0.938 bits per heavy atom. The summed E-state index contributed by atoms with van der Waals surface area (Å²) in [7, 11) is 0. The van der Waals surface area contributed by atoms with Crippen LogP contribution in [0.5, 0.6) is 0 Å². The van der Waals surface area contributed by atoms with Crippen LogP contribution in [-0.4, -0.2) is 17.0 Å². The molecule has 5 fully saturated rings. The van der Waals surface area contributed by atoms with Crippen LogP contribution >= 0.6 is 0 Å². The number of hydrogen-bond donors (Lipinski definition) is 1. The molecular weight excluding hydrogens is 392 g/mol. The molecule has 5 rings (SSSR count). The molecule has 5 aliphatic rings. The number of fused-ring (bicyclic) bond motifs is 7. The van der Waals surface area contributed by atoms with Crippen LogP contribution in [0.25, 0.3) is 0 Å². The Bertz CT molecular complexity index is 842. The zero-order valence-corrected chi connectivity index (χ0v) is 21.9. The molecular formula is C30H48O2. The quantitative estimate of drug-likeness (QED) is 0.438. The zero-order valence-electron chi connectivity index (χ0n) is 21.9. The normalized spacial score (nSPS) is 56.6. The van der Waals surface area contributed by atoms with Gasteiger partial charge >= 0.3 is 0 Å². The van der Waals surface area contributed by atoms with E-state index in [1.165, 1.54) is 37.7 Å². The van der Waals surface area contributed by atoms with Gasteiger partial charge in [-0.1, -0.05) is 53.7 Å². The van der Waals surface area contributed by atoms with Crippen molar-refractivity contribution >= 4 is 5.78 Å². The maximum atomic E-state index is 12.9. The fraction of sp³-hybridized carbons (Fsp3) is 0.900. The highest BCUT2D eigenvalue weighted by Gasteiger charge is 2.72. The van der Waals surface area contributed by atoms with Gasteiger partial charge in [0.1, 0.15) is 5.78 Å². The number of carbonyl (C=O) groups excluding carboxylic acids is 1. The van der Waals surface area contributed by atoms with Crippen molar-refractivity contribution in [2.75, 3.05) is 0 Å². The van der Waals surface area contributed by atoms with Gasteiger partial charge in [0.2, 0.25) is 0 Å². The van der Waals surface area contributed by atoms with E-state index in [0.29, 0.717) is 35.4 Å². The summed E-state index contributed by atoms with van der Waals surface area (Å²) in [5, 5.41) is 12.0. The van der Waals surface area contributed by atoms with Crippen molar-refractivity contribution in [2.45, 2.75) is 112 Å². The van der Waals surface area contributed by atoms with Gasteiger partial charge in [0.15, 0.2) is 0 Å². The van der Waals surface area contributed by atoms with Crippen molar-refractivity contribution in [3.05, 3.63) is 12.2 Å². The minimum Gasteiger partial charge on any atom is -0.393 e. The summed E-state index contributed by atoms with van der Waals surface area (Å²) in [6.45, 7) is 21.2. The molecule has 2 nitrogen and oxygen atoms in total. The fourth-order valence-corrected chi connectivity index (χ4v) is 11.4. The third-order valence-electron chi connectivity index (χ3n) is 13.2.